The highest BCUT2D eigenvalue weighted by Gasteiger charge is 2.36. The van der Waals surface area contributed by atoms with Gasteiger partial charge >= 0.3 is 0 Å². The van der Waals surface area contributed by atoms with Crippen LogP contribution in [-0.4, -0.2) is 32.5 Å². The molecule has 1 aliphatic heterocycles. The van der Waals surface area contributed by atoms with Crippen molar-refractivity contribution in [2.45, 2.75) is 44.1 Å². The number of carbonyl (C=O) groups excluding carboxylic acids is 1. The molecule has 1 saturated carbocycles. The molecule has 1 saturated heterocycles. The first-order chi connectivity index (χ1) is 12.3. The van der Waals surface area contributed by atoms with Gasteiger partial charge < -0.3 is 13.8 Å². The van der Waals surface area contributed by atoms with Crippen LogP contribution in [0, 0.1) is 0 Å². The number of aromatic nitrogens is 3. The number of pyridine rings is 1. The molecule has 128 valence electrons. The number of carbonyl (C=O) groups is 1. The minimum Gasteiger partial charge on any atom is -0.449 e. The van der Waals surface area contributed by atoms with E-state index in [-0.39, 0.29) is 11.9 Å². The van der Waals surface area contributed by atoms with Crippen LogP contribution in [0.15, 0.2) is 33.3 Å². The van der Waals surface area contributed by atoms with Crippen LogP contribution in [0.2, 0.25) is 0 Å². The molecule has 1 atom stereocenters. The van der Waals surface area contributed by atoms with Crippen molar-refractivity contribution in [2.24, 2.45) is 0 Å². The highest BCUT2D eigenvalue weighted by atomic mass is 16.5. The van der Waals surface area contributed by atoms with Crippen molar-refractivity contribution in [3.63, 3.8) is 0 Å². The van der Waals surface area contributed by atoms with Gasteiger partial charge in [-0.15, -0.1) is 0 Å². The molecule has 2 aliphatic rings. The summed E-state index contributed by atoms with van der Waals surface area (Å²) in [5, 5.41) is 4.15. The van der Waals surface area contributed by atoms with Gasteiger partial charge in [-0.25, -0.2) is 0 Å². The lowest BCUT2D eigenvalue weighted by Gasteiger charge is -2.33. The zero-order valence-corrected chi connectivity index (χ0v) is 13.7. The molecule has 7 heteroatoms. The van der Waals surface area contributed by atoms with E-state index in [1.807, 2.05) is 11.0 Å². The Bertz CT molecular complexity index is 894. The van der Waals surface area contributed by atoms with Crippen LogP contribution in [-0.2, 0) is 0 Å². The average molecular weight is 338 g/mol. The zero-order chi connectivity index (χ0) is 16.8. The fourth-order valence-electron chi connectivity index (χ4n) is 3.44. The van der Waals surface area contributed by atoms with E-state index in [1.54, 1.807) is 18.3 Å². The molecule has 3 aromatic rings. The van der Waals surface area contributed by atoms with Gasteiger partial charge in [0.25, 0.3) is 5.91 Å². The molecule has 25 heavy (non-hydrogen) atoms. The second-order valence-electron chi connectivity index (χ2n) is 6.77. The molecule has 4 heterocycles. The molecule has 5 rings (SSSR count). The van der Waals surface area contributed by atoms with Crippen molar-refractivity contribution >= 4 is 17.0 Å². The minimum atomic E-state index is -0.154. The Balaban J connectivity index is 1.45. The maximum absolute atomic E-state index is 13.0. The molecule has 1 amide bonds. The topological polar surface area (TPSA) is 85.3 Å². The van der Waals surface area contributed by atoms with Gasteiger partial charge in [-0.1, -0.05) is 5.16 Å². The molecule has 0 radical (unpaired) electrons. The number of nitrogens with zero attached hydrogens (tertiary/aromatic N) is 4. The third-order valence-corrected chi connectivity index (χ3v) is 4.94. The van der Waals surface area contributed by atoms with E-state index in [2.05, 4.69) is 15.1 Å². The van der Waals surface area contributed by atoms with E-state index in [0.717, 1.165) is 32.1 Å². The Kier molecular flexibility index (Phi) is 3.33. The summed E-state index contributed by atoms with van der Waals surface area (Å²) in [6.45, 7) is 0.668. The number of likely N-dealkylation sites (tertiary alicyclic amines) is 1. The maximum Gasteiger partial charge on any atom is 0.290 e. The number of rotatable bonds is 3. The molecule has 3 aromatic heterocycles. The van der Waals surface area contributed by atoms with Crippen molar-refractivity contribution in [1.29, 1.82) is 0 Å². The second-order valence-corrected chi connectivity index (χ2v) is 6.77. The van der Waals surface area contributed by atoms with Crippen LogP contribution >= 0.6 is 0 Å². The van der Waals surface area contributed by atoms with Crippen LogP contribution in [0.1, 0.15) is 66.3 Å². The highest BCUT2D eigenvalue weighted by molar-refractivity contribution is 5.95. The monoisotopic (exact) mass is 338 g/mol. The predicted octanol–water partition coefficient (Wildman–Crippen LogP) is 3.46. The molecule has 2 fully saturated rings. The molecular weight excluding hydrogens is 320 g/mol. The van der Waals surface area contributed by atoms with Crippen LogP contribution in [0.5, 0.6) is 0 Å². The van der Waals surface area contributed by atoms with E-state index in [0.29, 0.717) is 41.0 Å². The average Bonchev–Trinajstić information content (AvgIpc) is 3.22. The normalized spacial score (nSPS) is 21.0. The molecule has 1 unspecified atom stereocenters. The van der Waals surface area contributed by atoms with Gasteiger partial charge in [-0.05, 0) is 44.2 Å². The standard InChI is InChI=1S/C18H18N4O3/c23-18(15-10-12-14(24-15)5-3-8-19-12)22-9-2-1-4-13(22)16-20-17(25-21-16)11-6-7-11/h3,5,8,10-11,13H,1-2,4,6-7,9H2. The molecular formula is C18H18N4O3. The van der Waals surface area contributed by atoms with E-state index in [9.17, 15) is 4.79 Å². The molecule has 0 spiro atoms. The number of hydrogen-bond donors (Lipinski definition) is 0. The van der Waals surface area contributed by atoms with Crippen LogP contribution in [0.3, 0.4) is 0 Å². The smallest absolute Gasteiger partial charge is 0.290 e. The third-order valence-electron chi connectivity index (χ3n) is 4.94. The van der Waals surface area contributed by atoms with Crippen LogP contribution in [0.4, 0.5) is 0 Å². The first-order valence-electron chi connectivity index (χ1n) is 8.78. The molecule has 0 bridgehead atoms. The van der Waals surface area contributed by atoms with Crippen LogP contribution < -0.4 is 0 Å². The molecule has 1 aliphatic carbocycles. The lowest BCUT2D eigenvalue weighted by molar-refractivity contribution is 0.0566. The minimum absolute atomic E-state index is 0.138. The lowest BCUT2D eigenvalue weighted by atomic mass is 10.0. The van der Waals surface area contributed by atoms with E-state index in [4.69, 9.17) is 8.94 Å². The number of piperidine rings is 1. The van der Waals surface area contributed by atoms with Crippen molar-refractivity contribution in [3.8, 4) is 0 Å². The number of amides is 1. The summed E-state index contributed by atoms with van der Waals surface area (Å²) in [6.07, 6.45) is 6.77. The number of furan rings is 1. The summed E-state index contributed by atoms with van der Waals surface area (Å²) in [7, 11) is 0. The Labute approximate surface area is 144 Å². The van der Waals surface area contributed by atoms with Gasteiger partial charge in [-0.3, -0.25) is 9.78 Å². The Morgan fingerprint density at radius 1 is 1.24 bits per heavy atom. The summed E-state index contributed by atoms with van der Waals surface area (Å²) in [6, 6.07) is 5.16. The summed E-state index contributed by atoms with van der Waals surface area (Å²) in [5.41, 5.74) is 1.31. The second kappa shape index (κ2) is 5.68. The summed E-state index contributed by atoms with van der Waals surface area (Å²) >= 11 is 0. The fraction of sp³-hybridized carbons (Fsp3) is 0.444. The van der Waals surface area contributed by atoms with Gasteiger partial charge in [0.1, 0.15) is 5.52 Å². The van der Waals surface area contributed by atoms with Crippen molar-refractivity contribution in [1.82, 2.24) is 20.0 Å². The Hall–Kier alpha value is -2.70. The van der Waals surface area contributed by atoms with Gasteiger partial charge in [0.15, 0.2) is 17.2 Å². The molecule has 0 aromatic carbocycles. The van der Waals surface area contributed by atoms with Gasteiger partial charge in [-0.2, -0.15) is 4.98 Å². The number of hydrogen-bond acceptors (Lipinski definition) is 6. The van der Waals surface area contributed by atoms with Gasteiger partial charge in [0.05, 0.1) is 6.04 Å². The van der Waals surface area contributed by atoms with E-state index >= 15 is 0 Å². The van der Waals surface area contributed by atoms with Crippen molar-refractivity contribution in [3.05, 3.63) is 41.9 Å². The quantitative estimate of drug-likeness (QED) is 0.727. The van der Waals surface area contributed by atoms with E-state index < -0.39 is 0 Å². The SMILES string of the molecule is O=C(c1cc2ncccc2o1)N1CCCCC1c1noc(C2CC2)n1. The van der Waals surface area contributed by atoms with Gasteiger partial charge in [0.2, 0.25) is 5.89 Å². The Morgan fingerprint density at radius 2 is 2.16 bits per heavy atom. The Morgan fingerprint density at radius 3 is 3.00 bits per heavy atom. The number of fused-ring (bicyclic) bond motifs is 1. The summed E-state index contributed by atoms with van der Waals surface area (Å²) in [4.78, 5) is 23.6. The molecule has 0 N–H and O–H groups in total. The summed E-state index contributed by atoms with van der Waals surface area (Å²) in [5.74, 6) is 1.91. The lowest BCUT2D eigenvalue weighted by Crippen LogP contribution is -2.38. The van der Waals surface area contributed by atoms with E-state index in [1.165, 1.54) is 0 Å². The maximum atomic E-state index is 13.0. The van der Waals surface area contributed by atoms with Crippen molar-refractivity contribution in [2.75, 3.05) is 6.54 Å². The van der Waals surface area contributed by atoms with Gasteiger partial charge in [0, 0.05) is 24.7 Å². The third kappa shape index (κ3) is 2.59. The largest absolute Gasteiger partial charge is 0.449 e. The predicted molar refractivity (Wildman–Crippen MR) is 87.9 cm³/mol. The van der Waals surface area contributed by atoms with Crippen molar-refractivity contribution < 1.29 is 13.7 Å². The zero-order valence-electron chi connectivity index (χ0n) is 13.7. The fourth-order valence-corrected chi connectivity index (χ4v) is 3.44. The first-order valence-corrected chi connectivity index (χ1v) is 8.78. The van der Waals surface area contributed by atoms with Crippen LogP contribution in [0.25, 0.3) is 11.1 Å². The molecule has 7 nitrogen and oxygen atoms in total. The highest BCUT2D eigenvalue weighted by Crippen LogP contribution is 2.40. The summed E-state index contributed by atoms with van der Waals surface area (Å²) < 4.78 is 11.1. The first kappa shape index (κ1) is 14.6.